The molecule has 0 atom stereocenters. The quantitative estimate of drug-likeness (QED) is 0.772. The molecule has 0 aliphatic carbocycles. The van der Waals surface area contributed by atoms with Crippen molar-refractivity contribution in [3.05, 3.63) is 65.0 Å². The Morgan fingerprint density at radius 2 is 1.79 bits per heavy atom. The Hall–Kier alpha value is -3.28. The van der Waals surface area contributed by atoms with Crippen molar-refractivity contribution >= 4 is 11.4 Å². The van der Waals surface area contributed by atoms with Crippen LogP contribution in [0.3, 0.4) is 0 Å². The van der Waals surface area contributed by atoms with Gasteiger partial charge in [-0.1, -0.05) is 36.4 Å². The molecule has 0 radical (unpaired) electrons. The number of hydrogen-bond donors (Lipinski definition) is 2. The Labute approximate surface area is 139 Å². The van der Waals surface area contributed by atoms with Crippen molar-refractivity contribution in [3.63, 3.8) is 0 Å². The minimum absolute atomic E-state index is 0.0534. The molecule has 3 aromatic rings. The second-order valence-corrected chi connectivity index (χ2v) is 5.61. The SMILES string of the molecule is CN(C)c1c(-c2ccccc2)nn(-c2cccc(O)c2)c(=O)c1N. The zero-order valence-electron chi connectivity index (χ0n) is 13.5. The number of nitrogens with zero attached hydrogens (tertiary/aromatic N) is 3. The number of anilines is 2. The van der Waals surface area contributed by atoms with E-state index >= 15 is 0 Å². The largest absolute Gasteiger partial charge is 0.508 e. The maximum atomic E-state index is 12.7. The van der Waals surface area contributed by atoms with Crippen LogP contribution in [0.15, 0.2) is 59.4 Å². The maximum Gasteiger partial charge on any atom is 0.296 e. The van der Waals surface area contributed by atoms with Gasteiger partial charge in [0.05, 0.1) is 11.4 Å². The van der Waals surface area contributed by atoms with E-state index in [4.69, 9.17) is 5.73 Å². The third-order valence-electron chi connectivity index (χ3n) is 3.67. The van der Waals surface area contributed by atoms with Crippen LogP contribution in [0.1, 0.15) is 0 Å². The molecule has 3 N–H and O–H groups in total. The highest BCUT2D eigenvalue weighted by atomic mass is 16.3. The number of benzene rings is 2. The van der Waals surface area contributed by atoms with Gasteiger partial charge in [-0.05, 0) is 12.1 Å². The van der Waals surface area contributed by atoms with Crippen molar-refractivity contribution in [3.8, 4) is 22.7 Å². The number of phenolic OH excluding ortho intramolecular Hbond substituents is 1. The molecule has 2 aromatic carbocycles. The number of hydrogen-bond acceptors (Lipinski definition) is 5. The summed E-state index contributed by atoms with van der Waals surface area (Å²) in [5, 5.41) is 14.2. The van der Waals surface area contributed by atoms with Gasteiger partial charge in [0.25, 0.3) is 5.56 Å². The molecule has 0 spiro atoms. The van der Waals surface area contributed by atoms with Gasteiger partial charge in [0, 0.05) is 25.7 Å². The Bertz CT molecular complexity index is 933. The summed E-state index contributed by atoms with van der Waals surface area (Å²) in [4.78, 5) is 14.4. The number of nitrogens with two attached hydrogens (primary N) is 1. The monoisotopic (exact) mass is 322 g/mol. The number of rotatable bonds is 3. The second kappa shape index (κ2) is 6.08. The average Bonchev–Trinajstić information content (AvgIpc) is 2.57. The molecule has 0 aliphatic heterocycles. The van der Waals surface area contributed by atoms with E-state index in [1.165, 1.54) is 16.8 Å². The summed E-state index contributed by atoms with van der Waals surface area (Å²) < 4.78 is 1.21. The first-order valence-electron chi connectivity index (χ1n) is 7.44. The summed E-state index contributed by atoms with van der Waals surface area (Å²) in [6, 6.07) is 15.9. The molecule has 3 rings (SSSR count). The lowest BCUT2D eigenvalue weighted by Crippen LogP contribution is -2.28. The van der Waals surface area contributed by atoms with Crippen LogP contribution >= 0.6 is 0 Å². The van der Waals surface area contributed by atoms with E-state index in [2.05, 4.69) is 5.10 Å². The van der Waals surface area contributed by atoms with Gasteiger partial charge in [-0.25, -0.2) is 0 Å². The third kappa shape index (κ3) is 2.69. The summed E-state index contributed by atoms with van der Waals surface area (Å²) in [6.07, 6.45) is 0. The molecule has 0 amide bonds. The van der Waals surface area contributed by atoms with E-state index in [1.54, 1.807) is 17.0 Å². The van der Waals surface area contributed by atoms with Crippen LogP contribution in [0.5, 0.6) is 5.75 Å². The predicted octanol–water partition coefficient (Wildman–Crippen LogP) is 2.25. The van der Waals surface area contributed by atoms with Gasteiger partial charge >= 0.3 is 0 Å². The van der Waals surface area contributed by atoms with Crippen molar-refractivity contribution in [1.29, 1.82) is 0 Å². The third-order valence-corrected chi connectivity index (χ3v) is 3.67. The average molecular weight is 322 g/mol. The van der Waals surface area contributed by atoms with Crippen molar-refractivity contribution in [2.75, 3.05) is 24.7 Å². The van der Waals surface area contributed by atoms with Gasteiger partial charge in [-0.2, -0.15) is 9.78 Å². The van der Waals surface area contributed by atoms with E-state index in [9.17, 15) is 9.90 Å². The lowest BCUT2D eigenvalue weighted by molar-refractivity contribution is 0.474. The van der Waals surface area contributed by atoms with Crippen LogP contribution in [-0.4, -0.2) is 29.0 Å². The molecular formula is C18H18N4O2. The molecule has 0 saturated carbocycles. The van der Waals surface area contributed by atoms with Gasteiger partial charge in [0.1, 0.15) is 17.1 Å². The summed E-state index contributed by atoms with van der Waals surface area (Å²) in [5.74, 6) is 0.0534. The molecule has 0 saturated heterocycles. The van der Waals surface area contributed by atoms with Gasteiger partial charge in [-0.3, -0.25) is 4.79 Å². The van der Waals surface area contributed by atoms with Crippen LogP contribution in [0.25, 0.3) is 16.9 Å². The normalized spacial score (nSPS) is 10.6. The van der Waals surface area contributed by atoms with Crippen LogP contribution in [0.4, 0.5) is 11.4 Å². The highest BCUT2D eigenvalue weighted by Crippen LogP contribution is 2.31. The molecule has 1 aromatic heterocycles. The smallest absolute Gasteiger partial charge is 0.296 e. The molecule has 0 fully saturated rings. The van der Waals surface area contributed by atoms with Crippen molar-refractivity contribution < 1.29 is 5.11 Å². The molecule has 122 valence electrons. The fraction of sp³-hybridized carbons (Fsp3) is 0.111. The van der Waals surface area contributed by atoms with E-state index < -0.39 is 5.56 Å². The standard InChI is InChI=1S/C18H18N4O2/c1-21(2)17-15(19)18(24)22(13-9-6-10-14(23)11-13)20-16(17)12-7-4-3-5-8-12/h3-11,23H,19H2,1-2H3. The fourth-order valence-electron chi connectivity index (χ4n) is 2.58. The minimum atomic E-state index is -0.427. The van der Waals surface area contributed by atoms with Gasteiger partial charge in [0.15, 0.2) is 0 Å². The van der Waals surface area contributed by atoms with E-state index in [0.717, 1.165) is 5.56 Å². The van der Waals surface area contributed by atoms with Gasteiger partial charge in [0.2, 0.25) is 0 Å². The zero-order chi connectivity index (χ0) is 17.3. The number of aromatic hydroxyl groups is 1. The topological polar surface area (TPSA) is 84.4 Å². The van der Waals surface area contributed by atoms with Crippen molar-refractivity contribution in [1.82, 2.24) is 9.78 Å². The minimum Gasteiger partial charge on any atom is -0.508 e. The number of aromatic nitrogens is 2. The first kappa shape index (κ1) is 15.6. The lowest BCUT2D eigenvalue weighted by atomic mass is 10.1. The molecule has 6 nitrogen and oxygen atoms in total. The number of phenols is 1. The molecule has 0 bridgehead atoms. The Kier molecular flexibility index (Phi) is 3.95. The predicted molar refractivity (Wildman–Crippen MR) is 95.7 cm³/mol. The first-order chi connectivity index (χ1) is 11.5. The molecule has 1 heterocycles. The van der Waals surface area contributed by atoms with E-state index in [1.807, 2.05) is 44.4 Å². The summed E-state index contributed by atoms with van der Waals surface area (Å²) in [6.45, 7) is 0. The Balaban J connectivity index is 2.34. The second-order valence-electron chi connectivity index (χ2n) is 5.61. The van der Waals surface area contributed by atoms with Crippen molar-refractivity contribution in [2.45, 2.75) is 0 Å². The van der Waals surface area contributed by atoms with Gasteiger partial charge < -0.3 is 15.7 Å². The maximum absolute atomic E-state index is 12.7. The molecule has 0 unspecified atom stereocenters. The number of nitrogen functional groups attached to an aromatic ring is 1. The van der Waals surface area contributed by atoms with Crippen LogP contribution in [0.2, 0.25) is 0 Å². The summed E-state index contributed by atoms with van der Waals surface area (Å²) >= 11 is 0. The first-order valence-corrected chi connectivity index (χ1v) is 7.44. The molecule has 0 aliphatic rings. The van der Waals surface area contributed by atoms with E-state index in [0.29, 0.717) is 17.1 Å². The van der Waals surface area contributed by atoms with Crippen LogP contribution in [-0.2, 0) is 0 Å². The molecular weight excluding hydrogens is 304 g/mol. The zero-order valence-corrected chi connectivity index (χ0v) is 13.5. The molecule has 6 heteroatoms. The Morgan fingerprint density at radius 3 is 2.42 bits per heavy atom. The highest BCUT2D eigenvalue weighted by molar-refractivity contribution is 5.83. The summed E-state index contributed by atoms with van der Waals surface area (Å²) in [7, 11) is 3.63. The summed E-state index contributed by atoms with van der Waals surface area (Å²) in [5.41, 5.74) is 8.27. The highest BCUT2D eigenvalue weighted by Gasteiger charge is 2.19. The van der Waals surface area contributed by atoms with Crippen molar-refractivity contribution in [2.24, 2.45) is 0 Å². The van der Waals surface area contributed by atoms with Gasteiger partial charge in [-0.15, -0.1) is 0 Å². The van der Waals surface area contributed by atoms with Crippen LogP contribution in [0, 0.1) is 0 Å². The van der Waals surface area contributed by atoms with Crippen LogP contribution < -0.4 is 16.2 Å². The molecule has 24 heavy (non-hydrogen) atoms. The van der Waals surface area contributed by atoms with E-state index in [-0.39, 0.29) is 11.4 Å². The lowest BCUT2D eigenvalue weighted by Gasteiger charge is -2.20. The Morgan fingerprint density at radius 1 is 1.08 bits per heavy atom. The fourth-order valence-corrected chi connectivity index (χ4v) is 2.58.